The molecule has 1 fully saturated rings. The molecule has 0 radical (unpaired) electrons. The summed E-state index contributed by atoms with van der Waals surface area (Å²) in [6, 6.07) is 8.85. The summed E-state index contributed by atoms with van der Waals surface area (Å²) in [7, 11) is 0. The number of nitrogens with zero attached hydrogens (tertiary/aromatic N) is 1. The molecule has 24 heavy (non-hydrogen) atoms. The van der Waals surface area contributed by atoms with E-state index in [1.54, 1.807) is 0 Å². The Hall–Kier alpha value is -1.28. The van der Waals surface area contributed by atoms with Gasteiger partial charge in [-0.3, -0.25) is 0 Å². The van der Waals surface area contributed by atoms with E-state index in [1.807, 2.05) is 0 Å². The van der Waals surface area contributed by atoms with E-state index in [0.717, 1.165) is 5.82 Å². The Morgan fingerprint density at radius 3 is 2.33 bits per heavy atom. The zero-order chi connectivity index (χ0) is 17.2. The molecule has 2 nitrogen and oxygen atoms in total. The van der Waals surface area contributed by atoms with Gasteiger partial charge in [-0.1, -0.05) is 64.3 Å². The van der Waals surface area contributed by atoms with Crippen LogP contribution in [0.25, 0.3) is 0 Å². The number of halogens is 1. The van der Waals surface area contributed by atoms with Crippen molar-refractivity contribution in [1.29, 1.82) is 0 Å². The number of rotatable bonds is 4. The summed E-state index contributed by atoms with van der Waals surface area (Å²) in [5.74, 6) is 2.77. The highest BCUT2D eigenvalue weighted by molar-refractivity contribution is 6.17. The summed E-state index contributed by atoms with van der Waals surface area (Å²) in [5.41, 5.74) is 3.89. The number of nitrogens with one attached hydrogen (secondary N) is 1. The summed E-state index contributed by atoms with van der Waals surface area (Å²) >= 11 is 5.96. The fourth-order valence-electron chi connectivity index (χ4n) is 3.86. The first-order chi connectivity index (χ1) is 11.5. The van der Waals surface area contributed by atoms with Gasteiger partial charge in [0, 0.05) is 29.1 Å². The van der Waals surface area contributed by atoms with E-state index in [2.05, 4.69) is 61.2 Å². The van der Waals surface area contributed by atoms with Crippen LogP contribution >= 0.6 is 11.6 Å². The Kier molecular flexibility index (Phi) is 5.34. The monoisotopic (exact) mass is 344 g/mol. The maximum Gasteiger partial charge on any atom is 0.111 e. The first-order valence-corrected chi connectivity index (χ1v) is 9.72. The van der Waals surface area contributed by atoms with Crippen molar-refractivity contribution in [1.82, 2.24) is 9.97 Å². The third kappa shape index (κ3) is 3.85. The highest BCUT2D eigenvalue weighted by Gasteiger charge is 2.29. The number of imidazole rings is 1. The van der Waals surface area contributed by atoms with E-state index in [4.69, 9.17) is 11.6 Å². The molecule has 3 rings (SSSR count). The molecule has 0 bridgehead atoms. The maximum atomic E-state index is 5.96. The molecule has 1 aromatic carbocycles. The van der Waals surface area contributed by atoms with Crippen LogP contribution in [0, 0.1) is 5.92 Å². The number of hydrogen-bond acceptors (Lipinski definition) is 1. The summed E-state index contributed by atoms with van der Waals surface area (Å²) < 4.78 is 0. The van der Waals surface area contributed by atoms with Crippen molar-refractivity contribution < 1.29 is 0 Å². The van der Waals surface area contributed by atoms with Gasteiger partial charge >= 0.3 is 0 Å². The summed E-state index contributed by atoms with van der Waals surface area (Å²) in [6.45, 7) is 6.63. The number of aromatic nitrogens is 2. The van der Waals surface area contributed by atoms with E-state index in [-0.39, 0.29) is 5.41 Å². The van der Waals surface area contributed by atoms with Crippen LogP contribution in [0.3, 0.4) is 0 Å². The highest BCUT2D eigenvalue weighted by atomic mass is 35.5. The first-order valence-electron chi connectivity index (χ1n) is 9.19. The van der Waals surface area contributed by atoms with Crippen LogP contribution in [-0.2, 0) is 11.3 Å². The fraction of sp³-hybridized carbons (Fsp3) is 0.571. The predicted octanol–water partition coefficient (Wildman–Crippen LogP) is 6.16. The lowest BCUT2D eigenvalue weighted by Crippen LogP contribution is -2.19. The Morgan fingerprint density at radius 2 is 1.79 bits per heavy atom. The second-order valence-electron chi connectivity index (χ2n) is 8.19. The Morgan fingerprint density at radius 1 is 1.12 bits per heavy atom. The molecular weight excluding hydrogens is 316 g/mol. The van der Waals surface area contributed by atoms with Crippen molar-refractivity contribution in [3.8, 4) is 0 Å². The van der Waals surface area contributed by atoms with Crippen LogP contribution in [-0.4, -0.2) is 9.97 Å². The van der Waals surface area contributed by atoms with Crippen molar-refractivity contribution in [2.24, 2.45) is 5.92 Å². The van der Waals surface area contributed by atoms with Crippen LogP contribution in [0.15, 0.2) is 30.5 Å². The maximum absolute atomic E-state index is 5.96. The Labute approximate surface area is 151 Å². The van der Waals surface area contributed by atoms with Crippen molar-refractivity contribution in [2.75, 3.05) is 0 Å². The molecule has 1 unspecified atom stereocenters. The van der Waals surface area contributed by atoms with Crippen LogP contribution < -0.4 is 0 Å². The summed E-state index contributed by atoms with van der Waals surface area (Å²) in [5, 5.41) is 0. The second-order valence-corrected chi connectivity index (χ2v) is 8.46. The number of benzene rings is 1. The number of alkyl halides is 1. The van der Waals surface area contributed by atoms with Crippen molar-refractivity contribution in [3.05, 3.63) is 53.1 Å². The van der Waals surface area contributed by atoms with Crippen molar-refractivity contribution in [2.45, 2.75) is 70.1 Å². The highest BCUT2D eigenvalue weighted by Crippen LogP contribution is 2.40. The number of hydrogen-bond donors (Lipinski definition) is 1. The van der Waals surface area contributed by atoms with Gasteiger partial charge < -0.3 is 4.98 Å². The summed E-state index contributed by atoms with van der Waals surface area (Å²) in [6.07, 6.45) is 8.76. The minimum absolute atomic E-state index is 0.0534. The van der Waals surface area contributed by atoms with Gasteiger partial charge in [-0.05, 0) is 29.9 Å². The molecule has 3 heteroatoms. The van der Waals surface area contributed by atoms with Gasteiger partial charge in [0.15, 0.2) is 0 Å². The molecule has 2 aromatic rings. The molecule has 1 aliphatic carbocycles. The van der Waals surface area contributed by atoms with E-state index >= 15 is 0 Å². The lowest BCUT2D eigenvalue weighted by molar-refractivity contribution is 0.324. The number of H-pyrrole nitrogens is 1. The third-order valence-corrected chi connectivity index (χ3v) is 5.56. The van der Waals surface area contributed by atoms with Crippen LogP contribution in [0.4, 0.5) is 0 Å². The van der Waals surface area contributed by atoms with Crippen molar-refractivity contribution in [3.63, 3.8) is 0 Å². The third-order valence-electron chi connectivity index (χ3n) is 5.26. The molecule has 1 atom stereocenters. The SMILES string of the molecule is CC(C)(C)c1ncc(C(c2ccc(CCl)cc2)C2CCCCC2)[nH]1. The minimum atomic E-state index is 0.0534. The second kappa shape index (κ2) is 7.31. The molecule has 0 saturated heterocycles. The van der Waals surface area contributed by atoms with Crippen LogP contribution in [0.2, 0.25) is 0 Å². The van der Waals surface area contributed by atoms with Crippen LogP contribution in [0.1, 0.15) is 81.4 Å². The first kappa shape index (κ1) is 17.5. The van der Waals surface area contributed by atoms with Crippen LogP contribution in [0.5, 0.6) is 0 Å². The molecule has 1 heterocycles. The smallest absolute Gasteiger partial charge is 0.111 e. The molecule has 1 aromatic heterocycles. The van der Waals surface area contributed by atoms with Gasteiger partial charge in [0.05, 0.1) is 0 Å². The number of aromatic amines is 1. The van der Waals surface area contributed by atoms with Gasteiger partial charge in [-0.15, -0.1) is 11.6 Å². The van der Waals surface area contributed by atoms with E-state index < -0.39 is 0 Å². The molecule has 130 valence electrons. The quantitative estimate of drug-likeness (QED) is 0.661. The molecule has 1 saturated carbocycles. The standard InChI is InChI=1S/C21H29ClN2/c1-21(2,3)20-23-14-18(24-20)19(16-7-5-4-6-8-16)17-11-9-15(13-22)10-12-17/h9-12,14,16,19H,4-8,13H2,1-3H3,(H,23,24). The average molecular weight is 345 g/mol. The largest absolute Gasteiger partial charge is 0.345 e. The molecular formula is C21H29ClN2. The molecule has 0 aliphatic heterocycles. The minimum Gasteiger partial charge on any atom is -0.345 e. The Bertz CT molecular complexity index is 645. The molecule has 1 aliphatic rings. The molecule has 0 amide bonds. The van der Waals surface area contributed by atoms with Gasteiger partial charge in [0.25, 0.3) is 0 Å². The van der Waals surface area contributed by atoms with E-state index in [0.29, 0.717) is 17.7 Å². The normalized spacial score (nSPS) is 17.8. The lowest BCUT2D eigenvalue weighted by atomic mass is 9.75. The zero-order valence-corrected chi connectivity index (χ0v) is 15.9. The lowest BCUT2D eigenvalue weighted by Gasteiger charge is -2.30. The Balaban J connectivity index is 1.96. The van der Waals surface area contributed by atoms with Gasteiger partial charge in [0.1, 0.15) is 5.82 Å². The van der Waals surface area contributed by atoms with Gasteiger partial charge in [-0.25, -0.2) is 4.98 Å². The van der Waals surface area contributed by atoms with Crippen molar-refractivity contribution >= 4 is 11.6 Å². The molecule has 1 N–H and O–H groups in total. The van der Waals surface area contributed by atoms with E-state index in [9.17, 15) is 0 Å². The zero-order valence-electron chi connectivity index (χ0n) is 15.1. The van der Waals surface area contributed by atoms with Gasteiger partial charge in [-0.2, -0.15) is 0 Å². The molecule has 0 spiro atoms. The fourth-order valence-corrected chi connectivity index (χ4v) is 4.04. The topological polar surface area (TPSA) is 28.7 Å². The average Bonchev–Trinajstić information content (AvgIpc) is 3.07. The van der Waals surface area contributed by atoms with Gasteiger partial charge in [0.2, 0.25) is 0 Å². The predicted molar refractivity (Wildman–Crippen MR) is 102 cm³/mol. The van der Waals surface area contributed by atoms with E-state index in [1.165, 1.54) is 48.9 Å². The summed E-state index contributed by atoms with van der Waals surface area (Å²) in [4.78, 5) is 8.33.